The Kier molecular flexibility index (Phi) is 7.61. The summed E-state index contributed by atoms with van der Waals surface area (Å²) in [6.45, 7) is 0. The fourth-order valence-electron chi connectivity index (χ4n) is 9.54. The molecule has 0 amide bonds. The third-order valence-corrected chi connectivity index (χ3v) is 12.3. The lowest BCUT2D eigenvalue weighted by Crippen LogP contribution is -1.96. The van der Waals surface area contributed by atoms with Gasteiger partial charge in [0.1, 0.15) is 0 Å². The first-order valence-electron chi connectivity index (χ1n) is 20.4. The van der Waals surface area contributed by atoms with Gasteiger partial charge in [-0.15, -0.1) is 0 Å². The van der Waals surface area contributed by atoms with E-state index in [-0.39, 0.29) is 0 Å². The van der Waals surface area contributed by atoms with Gasteiger partial charge in [0, 0.05) is 16.5 Å². The molecule has 0 saturated carbocycles. The van der Waals surface area contributed by atoms with Crippen molar-refractivity contribution in [2.75, 3.05) is 0 Å². The van der Waals surface area contributed by atoms with E-state index in [9.17, 15) is 0 Å². The lowest BCUT2D eigenvalue weighted by molar-refractivity contribution is 1.19. The average molecular weight is 748 g/mol. The first-order valence-corrected chi connectivity index (χ1v) is 20.4. The number of aromatic nitrogens is 1. The quantitative estimate of drug-likeness (QED) is 0.155. The molecule has 1 heterocycles. The highest BCUT2D eigenvalue weighted by molar-refractivity contribution is 6.22. The molecule has 0 atom stereocenters. The zero-order valence-electron chi connectivity index (χ0n) is 32.3. The van der Waals surface area contributed by atoms with Gasteiger partial charge in [0.25, 0.3) is 0 Å². The third-order valence-electron chi connectivity index (χ3n) is 12.3. The van der Waals surface area contributed by atoms with E-state index >= 15 is 0 Å². The zero-order chi connectivity index (χ0) is 38.9. The minimum absolute atomic E-state index is 1.14. The van der Waals surface area contributed by atoms with E-state index in [1.54, 1.807) is 0 Å². The minimum Gasteiger partial charge on any atom is -0.309 e. The summed E-state index contributed by atoms with van der Waals surface area (Å²) in [4.78, 5) is 0. The van der Waals surface area contributed by atoms with E-state index in [2.05, 4.69) is 229 Å². The van der Waals surface area contributed by atoms with E-state index < -0.39 is 0 Å². The predicted molar refractivity (Wildman–Crippen MR) is 253 cm³/mol. The van der Waals surface area contributed by atoms with E-state index in [1.807, 2.05) is 0 Å². The molecule has 12 rings (SSSR count). The van der Waals surface area contributed by atoms with Crippen molar-refractivity contribution < 1.29 is 0 Å². The Labute approximate surface area is 342 Å². The van der Waals surface area contributed by atoms with E-state index in [0.29, 0.717) is 0 Å². The molecule has 0 aliphatic heterocycles. The molecule has 0 radical (unpaired) electrons. The molecule has 11 aromatic carbocycles. The summed E-state index contributed by atoms with van der Waals surface area (Å²) in [7, 11) is 0. The summed E-state index contributed by atoms with van der Waals surface area (Å²) >= 11 is 0. The number of nitrogens with zero attached hydrogens (tertiary/aromatic N) is 1. The molecule has 0 aliphatic rings. The second-order valence-corrected chi connectivity index (χ2v) is 15.7. The molecular formula is C58H37N. The maximum Gasteiger partial charge on any atom is 0.0541 e. The molecule has 0 saturated heterocycles. The lowest BCUT2D eigenvalue weighted by atomic mass is 9.86. The van der Waals surface area contributed by atoms with E-state index in [1.165, 1.54) is 109 Å². The summed E-state index contributed by atoms with van der Waals surface area (Å²) in [5, 5.41) is 12.5. The largest absolute Gasteiger partial charge is 0.309 e. The fraction of sp³-hybridized carbons (Fsp3) is 0. The Hall–Kier alpha value is -7.74. The van der Waals surface area contributed by atoms with Crippen LogP contribution in [-0.4, -0.2) is 4.57 Å². The van der Waals surface area contributed by atoms with Gasteiger partial charge in [0.2, 0.25) is 0 Å². The highest BCUT2D eigenvalue weighted by Gasteiger charge is 2.20. The molecule has 1 nitrogen and oxygen atoms in total. The fourth-order valence-corrected chi connectivity index (χ4v) is 9.54. The van der Waals surface area contributed by atoms with Crippen LogP contribution in [0.3, 0.4) is 0 Å². The molecule has 59 heavy (non-hydrogen) atoms. The van der Waals surface area contributed by atoms with Gasteiger partial charge in [-0.2, -0.15) is 0 Å². The van der Waals surface area contributed by atoms with Gasteiger partial charge in [-0.25, -0.2) is 0 Å². The molecule has 12 aromatic rings. The van der Waals surface area contributed by atoms with Gasteiger partial charge in [-0.1, -0.05) is 176 Å². The Bertz CT molecular complexity index is 3460. The molecule has 0 unspecified atom stereocenters. The number of rotatable bonds is 5. The third kappa shape index (κ3) is 5.47. The first-order chi connectivity index (χ1) is 29.2. The average Bonchev–Trinajstić information content (AvgIpc) is 3.63. The van der Waals surface area contributed by atoms with Crippen molar-refractivity contribution in [2.24, 2.45) is 0 Å². The topological polar surface area (TPSA) is 4.93 Å². The van der Waals surface area contributed by atoms with Crippen LogP contribution in [0.1, 0.15) is 0 Å². The van der Waals surface area contributed by atoms with Crippen molar-refractivity contribution in [1.29, 1.82) is 0 Å². The molecule has 0 bridgehead atoms. The first kappa shape index (κ1) is 33.4. The number of hydrogen-bond acceptors (Lipinski definition) is 0. The maximum absolute atomic E-state index is 2.48. The predicted octanol–water partition coefficient (Wildman–Crippen LogP) is 16.1. The smallest absolute Gasteiger partial charge is 0.0541 e. The van der Waals surface area contributed by atoms with E-state index in [0.717, 1.165) is 5.69 Å². The minimum atomic E-state index is 1.14. The van der Waals surface area contributed by atoms with Crippen LogP contribution >= 0.6 is 0 Å². The molecule has 0 aliphatic carbocycles. The number of benzene rings is 11. The van der Waals surface area contributed by atoms with Gasteiger partial charge >= 0.3 is 0 Å². The summed E-state index contributed by atoms with van der Waals surface area (Å²) in [6.07, 6.45) is 0. The Balaban J connectivity index is 1.14. The molecule has 0 fully saturated rings. The van der Waals surface area contributed by atoms with Gasteiger partial charge in [-0.3, -0.25) is 0 Å². The van der Waals surface area contributed by atoms with Crippen molar-refractivity contribution in [2.45, 2.75) is 0 Å². The van der Waals surface area contributed by atoms with Crippen molar-refractivity contribution >= 4 is 64.9 Å². The van der Waals surface area contributed by atoms with Gasteiger partial charge in [0.15, 0.2) is 0 Å². The van der Waals surface area contributed by atoms with Crippen LogP contribution in [0.2, 0.25) is 0 Å². The van der Waals surface area contributed by atoms with Crippen LogP contribution in [0, 0.1) is 0 Å². The second-order valence-electron chi connectivity index (χ2n) is 15.7. The van der Waals surface area contributed by atoms with Gasteiger partial charge in [0.05, 0.1) is 11.0 Å². The summed E-state index contributed by atoms with van der Waals surface area (Å²) in [5.41, 5.74) is 13.3. The van der Waals surface area contributed by atoms with Crippen LogP contribution in [-0.2, 0) is 0 Å². The van der Waals surface area contributed by atoms with Crippen LogP contribution < -0.4 is 0 Å². The van der Waals surface area contributed by atoms with Gasteiger partial charge < -0.3 is 4.57 Å². The molecular weight excluding hydrogens is 711 g/mol. The van der Waals surface area contributed by atoms with Crippen LogP contribution in [0.25, 0.3) is 115 Å². The van der Waals surface area contributed by atoms with E-state index in [4.69, 9.17) is 0 Å². The SMILES string of the molecule is c1ccc(-c2c3ccccc3c(-c3ccccc3)c3cc(-n4c5ccc(-c6ccc7ccccc7c6)cc5c5cc(-c6ccc7ccccc7c6)ccc54)ccc23)cc1. The Morgan fingerprint density at radius 1 is 0.220 bits per heavy atom. The second kappa shape index (κ2) is 13.4. The molecule has 1 heteroatoms. The Morgan fingerprint density at radius 2 is 0.627 bits per heavy atom. The monoisotopic (exact) mass is 747 g/mol. The zero-order valence-corrected chi connectivity index (χ0v) is 32.3. The van der Waals surface area contributed by atoms with Crippen molar-refractivity contribution in [3.63, 3.8) is 0 Å². The lowest BCUT2D eigenvalue weighted by Gasteiger charge is -2.19. The number of hydrogen-bond donors (Lipinski definition) is 0. The van der Waals surface area contributed by atoms with Crippen molar-refractivity contribution in [3.8, 4) is 50.2 Å². The highest BCUT2D eigenvalue weighted by atomic mass is 15.0. The van der Waals surface area contributed by atoms with Crippen LogP contribution in [0.15, 0.2) is 224 Å². The Morgan fingerprint density at radius 3 is 1.15 bits per heavy atom. The summed E-state index contributed by atoms with van der Waals surface area (Å²) in [5.74, 6) is 0. The highest BCUT2D eigenvalue weighted by Crippen LogP contribution is 2.45. The van der Waals surface area contributed by atoms with Crippen molar-refractivity contribution in [1.82, 2.24) is 4.57 Å². The number of fused-ring (bicyclic) bond motifs is 7. The van der Waals surface area contributed by atoms with Crippen LogP contribution in [0.5, 0.6) is 0 Å². The van der Waals surface area contributed by atoms with Crippen LogP contribution in [0.4, 0.5) is 0 Å². The normalized spacial score (nSPS) is 11.7. The summed E-state index contributed by atoms with van der Waals surface area (Å²) < 4.78 is 2.48. The van der Waals surface area contributed by atoms with Gasteiger partial charge in [-0.05, 0) is 136 Å². The molecule has 0 N–H and O–H groups in total. The maximum atomic E-state index is 2.48. The standard InChI is InChI=1S/C58H37N/c1-3-15-40(16-4-1)57-49-21-11-12-22-50(49)58(41-17-5-2-6-18-41)54-37-48(29-30-51(54)57)59-55-31-27-46(44-25-23-38-13-7-9-19-42(38)33-44)35-52(55)53-36-47(28-32-56(53)59)45-26-24-39-14-8-10-20-43(39)34-45/h1-37H. The van der Waals surface area contributed by atoms with Crippen molar-refractivity contribution in [3.05, 3.63) is 224 Å². The summed E-state index contributed by atoms with van der Waals surface area (Å²) in [6, 6.07) is 82.7. The molecule has 1 aromatic heterocycles. The molecule has 0 spiro atoms. The molecule has 274 valence electrons.